The molecule has 24 heavy (non-hydrogen) atoms. The molecule has 0 aromatic carbocycles. The lowest BCUT2D eigenvalue weighted by Crippen LogP contribution is -2.41. The van der Waals surface area contributed by atoms with Gasteiger partial charge in [-0.3, -0.25) is 9.59 Å². The molecule has 0 aromatic rings. The molecule has 2 atom stereocenters. The van der Waals surface area contributed by atoms with Crippen LogP contribution >= 0.6 is 0 Å². The molecule has 0 spiro atoms. The Kier molecular flexibility index (Phi) is 4.89. The van der Waals surface area contributed by atoms with Crippen molar-refractivity contribution in [3.8, 4) is 0 Å². The zero-order valence-corrected chi connectivity index (χ0v) is 15.6. The molecule has 0 bridgehead atoms. The minimum atomic E-state index is -1.12. The Morgan fingerprint density at radius 2 is 1.83 bits per heavy atom. The van der Waals surface area contributed by atoms with Crippen LogP contribution in [-0.4, -0.2) is 23.1 Å². The van der Waals surface area contributed by atoms with E-state index in [2.05, 4.69) is 0 Å². The van der Waals surface area contributed by atoms with Crippen molar-refractivity contribution < 1.29 is 19.1 Å². The van der Waals surface area contributed by atoms with Gasteiger partial charge in [0.15, 0.2) is 17.2 Å². The lowest BCUT2D eigenvalue weighted by molar-refractivity contribution is -0.163. The molecule has 132 valence electrons. The molecule has 0 radical (unpaired) electrons. The maximum absolute atomic E-state index is 12.9. The summed E-state index contributed by atoms with van der Waals surface area (Å²) in [6.07, 6.45) is 3.38. The highest BCUT2D eigenvalue weighted by molar-refractivity contribution is 6.02. The molecule has 4 nitrogen and oxygen atoms in total. The van der Waals surface area contributed by atoms with Crippen LogP contribution in [0.3, 0.4) is 0 Å². The fourth-order valence-corrected chi connectivity index (χ4v) is 3.88. The summed E-state index contributed by atoms with van der Waals surface area (Å²) in [7, 11) is 0. The summed E-state index contributed by atoms with van der Waals surface area (Å²) in [6.45, 7) is 11.2. The zero-order valence-electron chi connectivity index (χ0n) is 15.6. The van der Waals surface area contributed by atoms with E-state index in [1.807, 2.05) is 20.8 Å². The monoisotopic (exact) mass is 332 g/mol. The molecule has 4 heteroatoms. The number of hydrogen-bond donors (Lipinski definition) is 0. The van der Waals surface area contributed by atoms with E-state index in [1.54, 1.807) is 26.8 Å². The highest BCUT2D eigenvalue weighted by atomic mass is 16.6. The third-order valence-corrected chi connectivity index (χ3v) is 5.55. The average molecular weight is 332 g/mol. The van der Waals surface area contributed by atoms with E-state index < -0.39 is 17.0 Å². The molecular formula is C20H28O4. The summed E-state index contributed by atoms with van der Waals surface area (Å²) < 4.78 is 5.59. The fourth-order valence-electron chi connectivity index (χ4n) is 3.88. The molecule has 0 aliphatic heterocycles. The van der Waals surface area contributed by atoms with Crippen molar-refractivity contribution in [2.75, 3.05) is 0 Å². The Hall–Kier alpha value is -1.71. The van der Waals surface area contributed by atoms with Crippen LogP contribution in [0.25, 0.3) is 0 Å². The minimum Gasteiger partial charge on any atom is -0.448 e. The second-order valence-electron chi connectivity index (χ2n) is 7.90. The molecule has 2 aliphatic carbocycles. The summed E-state index contributed by atoms with van der Waals surface area (Å²) in [5, 5.41) is 0. The molecule has 0 aromatic heterocycles. The largest absolute Gasteiger partial charge is 0.448 e. The summed E-state index contributed by atoms with van der Waals surface area (Å²) in [5.41, 5.74) is 0.932. The van der Waals surface area contributed by atoms with Crippen molar-refractivity contribution in [2.24, 2.45) is 11.3 Å². The van der Waals surface area contributed by atoms with E-state index in [-0.39, 0.29) is 23.9 Å². The number of esters is 1. The van der Waals surface area contributed by atoms with Crippen molar-refractivity contribution >= 4 is 17.5 Å². The molecule has 2 rings (SSSR count). The predicted molar refractivity (Wildman–Crippen MR) is 92.4 cm³/mol. The van der Waals surface area contributed by atoms with Crippen molar-refractivity contribution in [2.45, 2.75) is 72.8 Å². The Morgan fingerprint density at radius 1 is 1.21 bits per heavy atom. The fraction of sp³-hybridized carbons (Fsp3) is 0.650. The number of rotatable bonds is 3. The van der Waals surface area contributed by atoms with Crippen molar-refractivity contribution in [3.63, 3.8) is 0 Å². The van der Waals surface area contributed by atoms with Crippen LogP contribution in [0.1, 0.15) is 67.2 Å². The second-order valence-corrected chi connectivity index (χ2v) is 7.90. The van der Waals surface area contributed by atoms with Gasteiger partial charge < -0.3 is 4.74 Å². The molecule has 0 heterocycles. The zero-order chi connectivity index (χ0) is 18.3. The van der Waals surface area contributed by atoms with Gasteiger partial charge in [-0.1, -0.05) is 32.4 Å². The molecule has 2 unspecified atom stereocenters. The van der Waals surface area contributed by atoms with Crippen LogP contribution in [0.2, 0.25) is 0 Å². The highest BCUT2D eigenvalue weighted by Crippen LogP contribution is 2.51. The van der Waals surface area contributed by atoms with E-state index >= 15 is 0 Å². The second kappa shape index (κ2) is 6.30. The maximum atomic E-state index is 12.9. The van der Waals surface area contributed by atoms with Gasteiger partial charge in [-0.05, 0) is 45.1 Å². The third kappa shape index (κ3) is 3.11. The summed E-state index contributed by atoms with van der Waals surface area (Å²) in [4.78, 5) is 37.4. The number of carbonyl (C=O) groups excluding carboxylic acids is 3. The van der Waals surface area contributed by atoms with Gasteiger partial charge >= 0.3 is 5.97 Å². The van der Waals surface area contributed by atoms with E-state index in [1.165, 1.54) is 0 Å². The van der Waals surface area contributed by atoms with Crippen LogP contribution in [-0.2, 0) is 19.1 Å². The normalized spacial score (nSPS) is 31.4. The van der Waals surface area contributed by atoms with Gasteiger partial charge in [0, 0.05) is 23.8 Å². The standard InChI is InChI=1S/C20H28O4/c1-7-13(4)18(23)24-20(6)9-8-14-17(12(2)3)15(21)10-19(14,5)11-16(20)22/h7,12H,8-11H2,1-6H3. The Balaban J connectivity index is 2.37. The topological polar surface area (TPSA) is 60.4 Å². The summed E-state index contributed by atoms with van der Waals surface area (Å²) in [6, 6.07) is 0. The van der Waals surface area contributed by atoms with Crippen molar-refractivity contribution in [1.29, 1.82) is 0 Å². The van der Waals surface area contributed by atoms with Crippen LogP contribution in [0.5, 0.6) is 0 Å². The average Bonchev–Trinajstić information content (AvgIpc) is 2.68. The number of fused-ring (bicyclic) bond motifs is 1. The van der Waals surface area contributed by atoms with E-state index in [4.69, 9.17) is 4.74 Å². The van der Waals surface area contributed by atoms with E-state index in [0.717, 1.165) is 11.1 Å². The number of ether oxygens (including phenoxy) is 1. The lowest BCUT2D eigenvalue weighted by atomic mass is 9.78. The highest BCUT2D eigenvalue weighted by Gasteiger charge is 2.50. The van der Waals surface area contributed by atoms with Crippen molar-refractivity contribution in [3.05, 3.63) is 22.8 Å². The number of carbonyl (C=O) groups is 3. The number of hydrogen-bond acceptors (Lipinski definition) is 4. The quantitative estimate of drug-likeness (QED) is 0.580. The molecule has 1 fully saturated rings. The van der Waals surface area contributed by atoms with Gasteiger partial charge in [-0.2, -0.15) is 0 Å². The van der Waals surface area contributed by atoms with Gasteiger partial charge in [-0.25, -0.2) is 4.79 Å². The first-order valence-electron chi connectivity index (χ1n) is 8.70. The van der Waals surface area contributed by atoms with Crippen LogP contribution < -0.4 is 0 Å². The molecule has 0 amide bonds. The van der Waals surface area contributed by atoms with Crippen LogP contribution in [0.15, 0.2) is 22.8 Å². The number of ketones is 2. The van der Waals surface area contributed by atoms with Crippen LogP contribution in [0.4, 0.5) is 0 Å². The number of Topliss-reactive ketones (excluding diaryl/α,β-unsaturated/α-hetero) is 2. The smallest absolute Gasteiger partial charge is 0.334 e. The molecule has 2 aliphatic rings. The van der Waals surface area contributed by atoms with E-state index in [9.17, 15) is 14.4 Å². The first-order valence-corrected chi connectivity index (χ1v) is 8.70. The van der Waals surface area contributed by atoms with Gasteiger partial charge in [0.05, 0.1) is 0 Å². The molecule has 1 saturated carbocycles. The Bertz CT molecular complexity index is 653. The Labute approximate surface area is 144 Å². The summed E-state index contributed by atoms with van der Waals surface area (Å²) >= 11 is 0. The number of allylic oxidation sites excluding steroid dienone is 3. The Morgan fingerprint density at radius 3 is 2.38 bits per heavy atom. The first-order chi connectivity index (χ1) is 11.0. The molecular weight excluding hydrogens is 304 g/mol. The first kappa shape index (κ1) is 18.6. The summed E-state index contributed by atoms with van der Waals surface area (Å²) in [5.74, 6) is -0.211. The SMILES string of the molecule is CC=C(C)C(=O)OC1(C)CCC2=C(C(C)C)C(=O)CC2(C)CC1=O. The van der Waals surface area contributed by atoms with Crippen LogP contribution in [0, 0.1) is 11.3 Å². The molecule has 0 saturated heterocycles. The molecule has 0 N–H and O–H groups in total. The van der Waals surface area contributed by atoms with Gasteiger partial charge in [0.25, 0.3) is 0 Å². The third-order valence-electron chi connectivity index (χ3n) is 5.55. The van der Waals surface area contributed by atoms with Gasteiger partial charge in [-0.15, -0.1) is 0 Å². The predicted octanol–water partition coefficient (Wildman–Crippen LogP) is 3.94. The lowest BCUT2D eigenvalue weighted by Gasteiger charge is -2.28. The van der Waals surface area contributed by atoms with Gasteiger partial charge in [0.1, 0.15) is 0 Å². The maximum Gasteiger partial charge on any atom is 0.334 e. The minimum absolute atomic E-state index is 0.0879. The van der Waals surface area contributed by atoms with Crippen molar-refractivity contribution in [1.82, 2.24) is 0 Å². The van der Waals surface area contributed by atoms with E-state index in [0.29, 0.717) is 24.8 Å². The van der Waals surface area contributed by atoms with Gasteiger partial charge in [0.2, 0.25) is 0 Å².